The van der Waals surface area contributed by atoms with E-state index in [1.165, 1.54) is 16.7 Å². The van der Waals surface area contributed by atoms with Crippen LogP contribution in [-0.2, 0) is 9.59 Å². The first-order chi connectivity index (χ1) is 9.95. The Morgan fingerprint density at radius 3 is 2.81 bits per heavy atom. The summed E-state index contributed by atoms with van der Waals surface area (Å²) >= 11 is 5.51. The molecule has 5 nitrogen and oxygen atoms in total. The summed E-state index contributed by atoms with van der Waals surface area (Å²) in [7, 11) is 0. The monoisotopic (exact) mass is 327 g/mol. The predicted octanol–water partition coefficient (Wildman–Crippen LogP) is 1.99. The minimum absolute atomic E-state index is 0.0986. The van der Waals surface area contributed by atoms with E-state index in [0.717, 1.165) is 5.56 Å². The van der Waals surface area contributed by atoms with Crippen LogP contribution < -0.4 is 0 Å². The summed E-state index contributed by atoms with van der Waals surface area (Å²) in [5, 5.41) is 18.5. The Bertz CT molecular complexity index is 552. The normalized spacial score (nSPS) is 23.0. The van der Waals surface area contributed by atoms with Crippen molar-refractivity contribution >= 4 is 36.3 Å². The molecule has 3 atom stereocenters. The number of thioether (sulfide) groups is 1. The number of carbonyl (C=O) groups excluding carboxylic acids is 1. The maximum absolute atomic E-state index is 12.5. The van der Waals surface area contributed by atoms with E-state index in [1.807, 2.05) is 0 Å². The molecule has 0 radical (unpaired) electrons. The summed E-state index contributed by atoms with van der Waals surface area (Å²) in [6.45, 7) is 1.73. The van der Waals surface area contributed by atoms with Gasteiger partial charge in [0.1, 0.15) is 17.2 Å². The highest BCUT2D eigenvalue weighted by Gasteiger charge is 2.43. The molecular weight excluding hydrogens is 310 g/mol. The molecule has 1 saturated heterocycles. The Hall–Kier alpha value is -1.34. The lowest BCUT2D eigenvalue weighted by molar-refractivity contribution is -0.150. The van der Waals surface area contributed by atoms with Crippen molar-refractivity contribution in [1.29, 1.82) is 0 Å². The first-order valence-electron chi connectivity index (χ1n) is 6.52. The van der Waals surface area contributed by atoms with Crippen LogP contribution in [0, 0.1) is 5.92 Å². The van der Waals surface area contributed by atoms with Gasteiger partial charge in [-0.3, -0.25) is 4.79 Å². The van der Waals surface area contributed by atoms with Crippen molar-refractivity contribution in [3.05, 3.63) is 29.8 Å². The summed E-state index contributed by atoms with van der Waals surface area (Å²) in [5.41, 5.74) is 0.725. The number of phenolic OH excluding ortho intramolecular Hbond substituents is 1. The number of benzene rings is 1. The van der Waals surface area contributed by atoms with Crippen LogP contribution in [0.2, 0.25) is 0 Å². The lowest BCUT2D eigenvalue weighted by Gasteiger charge is -2.29. The van der Waals surface area contributed by atoms with Gasteiger partial charge in [-0.05, 0) is 17.7 Å². The van der Waals surface area contributed by atoms with Gasteiger partial charge in [0.25, 0.3) is 0 Å². The zero-order valence-corrected chi connectivity index (χ0v) is 13.2. The molecule has 1 aromatic carbocycles. The van der Waals surface area contributed by atoms with Gasteiger partial charge >= 0.3 is 5.97 Å². The van der Waals surface area contributed by atoms with Gasteiger partial charge in [-0.2, -0.15) is 12.6 Å². The molecule has 1 aliphatic rings. The summed E-state index contributed by atoms with van der Waals surface area (Å²) in [6.07, 6.45) is 0. The van der Waals surface area contributed by atoms with Crippen LogP contribution in [0.4, 0.5) is 0 Å². The number of hydrogen-bond acceptors (Lipinski definition) is 5. The lowest BCUT2D eigenvalue weighted by Crippen LogP contribution is -2.45. The van der Waals surface area contributed by atoms with Crippen LogP contribution in [-0.4, -0.2) is 44.5 Å². The number of hydrogen-bond donors (Lipinski definition) is 3. The van der Waals surface area contributed by atoms with Gasteiger partial charge in [0.15, 0.2) is 0 Å². The highest BCUT2D eigenvalue weighted by molar-refractivity contribution is 7.99. The minimum Gasteiger partial charge on any atom is -0.508 e. The van der Waals surface area contributed by atoms with E-state index < -0.39 is 17.4 Å². The van der Waals surface area contributed by atoms with E-state index in [1.54, 1.807) is 31.2 Å². The number of carbonyl (C=O) groups is 2. The smallest absolute Gasteiger partial charge is 0.327 e. The van der Waals surface area contributed by atoms with Gasteiger partial charge in [-0.15, -0.1) is 11.8 Å². The second-order valence-electron chi connectivity index (χ2n) is 4.96. The number of aromatic hydroxyl groups is 1. The Kier molecular flexibility index (Phi) is 5.05. The number of amides is 1. The zero-order chi connectivity index (χ0) is 15.6. The van der Waals surface area contributed by atoms with Crippen molar-refractivity contribution in [1.82, 2.24) is 4.90 Å². The number of rotatable bonds is 4. The Balaban J connectivity index is 2.36. The summed E-state index contributed by atoms with van der Waals surface area (Å²) < 4.78 is 0. The fraction of sp³-hybridized carbons (Fsp3) is 0.429. The predicted molar refractivity (Wildman–Crippen MR) is 84.6 cm³/mol. The summed E-state index contributed by atoms with van der Waals surface area (Å²) in [6, 6.07) is 5.72. The van der Waals surface area contributed by atoms with Crippen LogP contribution in [0.5, 0.6) is 5.75 Å². The molecule has 1 unspecified atom stereocenters. The second kappa shape index (κ2) is 6.62. The van der Waals surface area contributed by atoms with Crippen LogP contribution >= 0.6 is 24.4 Å². The molecule has 1 amide bonds. The molecule has 1 aromatic rings. The van der Waals surface area contributed by atoms with Gasteiger partial charge in [0.2, 0.25) is 5.91 Å². The fourth-order valence-corrected chi connectivity index (χ4v) is 3.81. The highest BCUT2D eigenvalue weighted by Crippen LogP contribution is 2.42. The van der Waals surface area contributed by atoms with Gasteiger partial charge in [-0.25, -0.2) is 4.79 Å². The number of carboxylic acid groups (broad SMARTS) is 1. The van der Waals surface area contributed by atoms with E-state index in [4.69, 9.17) is 0 Å². The number of aliphatic carboxylic acids is 1. The molecule has 1 heterocycles. The molecule has 114 valence electrons. The third-order valence-electron chi connectivity index (χ3n) is 3.39. The molecule has 0 bridgehead atoms. The fourth-order valence-electron chi connectivity index (χ4n) is 2.23. The van der Waals surface area contributed by atoms with Crippen molar-refractivity contribution in [2.24, 2.45) is 5.92 Å². The van der Waals surface area contributed by atoms with Gasteiger partial charge in [0, 0.05) is 17.4 Å². The Morgan fingerprint density at radius 2 is 2.24 bits per heavy atom. The van der Waals surface area contributed by atoms with E-state index in [0.29, 0.717) is 11.5 Å². The third-order valence-corrected chi connectivity index (χ3v) is 5.26. The van der Waals surface area contributed by atoms with E-state index in [2.05, 4.69) is 12.6 Å². The Labute approximate surface area is 132 Å². The average molecular weight is 327 g/mol. The SMILES string of the molecule is C[C@H](CS)C(=O)N1C(c2cccc(O)c2)SC[C@H]1C(=O)O. The molecule has 1 aliphatic heterocycles. The van der Waals surface area contributed by atoms with Crippen LogP contribution in [0.1, 0.15) is 17.9 Å². The van der Waals surface area contributed by atoms with E-state index in [-0.39, 0.29) is 17.6 Å². The summed E-state index contributed by atoms with van der Waals surface area (Å²) in [4.78, 5) is 25.3. The quantitative estimate of drug-likeness (QED) is 0.737. The largest absolute Gasteiger partial charge is 0.508 e. The molecule has 1 fully saturated rings. The van der Waals surface area contributed by atoms with Crippen molar-refractivity contribution in [2.75, 3.05) is 11.5 Å². The van der Waals surface area contributed by atoms with Gasteiger partial charge in [-0.1, -0.05) is 19.1 Å². The van der Waals surface area contributed by atoms with Crippen molar-refractivity contribution in [3.63, 3.8) is 0 Å². The van der Waals surface area contributed by atoms with Crippen LogP contribution in [0.3, 0.4) is 0 Å². The first kappa shape index (κ1) is 16.0. The topological polar surface area (TPSA) is 77.8 Å². The number of thiol groups is 1. The van der Waals surface area contributed by atoms with E-state index >= 15 is 0 Å². The molecule has 21 heavy (non-hydrogen) atoms. The van der Waals surface area contributed by atoms with Gasteiger partial charge in [0.05, 0.1) is 0 Å². The lowest BCUT2D eigenvalue weighted by atomic mass is 10.1. The molecule has 2 rings (SSSR count). The molecule has 7 heteroatoms. The minimum atomic E-state index is -1.01. The molecule has 0 aliphatic carbocycles. The molecular formula is C14H17NO4S2. The van der Waals surface area contributed by atoms with Crippen LogP contribution in [0.25, 0.3) is 0 Å². The molecule has 2 N–H and O–H groups in total. The van der Waals surface area contributed by atoms with E-state index in [9.17, 15) is 19.8 Å². The Morgan fingerprint density at radius 1 is 1.52 bits per heavy atom. The number of phenols is 1. The van der Waals surface area contributed by atoms with Crippen molar-refractivity contribution in [2.45, 2.75) is 18.3 Å². The zero-order valence-electron chi connectivity index (χ0n) is 11.5. The highest BCUT2D eigenvalue weighted by atomic mass is 32.2. The third kappa shape index (κ3) is 3.29. The maximum atomic E-state index is 12.5. The molecule has 0 saturated carbocycles. The molecule has 0 aromatic heterocycles. The standard InChI is InChI=1S/C14H17NO4S2/c1-8(6-20)12(17)15-11(14(18)19)7-21-13(15)9-3-2-4-10(16)5-9/h2-5,8,11,13,16,20H,6-7H2,1H3,(H,18,19)/t8-,11+,13?/m1/s1. The van der Waals surface area contributed by atoms with Crippen molar-refractivity contribution < 1.29 is 19.8 Å². The summed E-state index contributed by atoms with van der Waals surface area (Å²) in [5.74, 6) is -0.796. The van der Waals surface area contributed by atoms with Gasteiger partial charge < -0.3 is 15.1 Å². The number of carboxylic acids is 1. The van der Waals surface area contributed by atoms with Crippen molar-refractivity contribution in [3.8, 4) is 5.75 Å². The second-order valence-corrected chi connectivity index (χ2v) is 6.44. The molecule has 0 spiro atoms. The maximum Gasteiger partial charge on any atom is 0.327 e. The first-order valence-corrected chi connectivity index (χ1v) is 8.20. The average Bonchev–Trinajstić information content (AvgIpc) is 2.90. The van der Waals surface area contributed by atoms with Crippen LogP contribution in [0.15, 0.2) is 24.3 Å². The number of nitrogens with zero attached hydrogens (tertiary/aromatic N) is 1.